The van der Waals surface area contributed by atoms with Crippen LogP contribution in [0.15, 0.2) is 36.4 Å². The van der Waals surface area contributed by atoms with Crippen LogP contribution < -0.4 is 5.32 Å². The van der Waals surface area contributed by atoms with Gasteiger partial charge in [-0.1, -0.05) is 24.3 Å². The predicted octanol–water partition coefficient (Wildman–Crippen LogP) is 2.15. The van der Waals surface area contributed by atoms with Crippen LogP contribution in [0.3, 0.4) is 0 Å². The van der Waals surface area contributed by atoms with Gasteiger partial charge in [-0.15, -0.1) is 0 Å². The van der Waals surface area contributed by atoms with Crippen LogP contribution >= 0.6 is 0 Å². The molecule has 1 aromatic carbocycles. The average Bonchev–Trinajstić information content (AvgIpc) is 2.86. The predicted molar refractivity (Wildman–Crippen MR) is 70.8 cm³/mol. The number of nitriles is 1. The fourth-order valence-electron chi connectivity index (χ4n) is 2.33. The summed E-state index contributed by atoms with van der Waals surface area (Å²) in [6.45, 7) is 2.31. The first-order chi connectivity index (χ1) is 8.72. The summed E-state index contributed by atoms with van der Waals surface area (Å²) in [5.41, 5.74) is 1.81. The van der Waals surface area contributed by atoms with Gasteiger partial charge in [0.25, 0.3) is 0 Å². The van der Waals surface area contributed by atoms with Crippen molar-refractivity contribution in [1.29, 1.82) is 5.26 Å². The van der Waals surface area contributed by atoms with Gasteiger partial charge in [0, 0.05) is 24.6 Å². The molecule has 1 aliphatic carbocycles. The van der Waals surface area contributed by atoms with Crippen molar-refractivity contribution < 1.29 is 5.11 Å². The molecule has 1 aromatic rings. The zero-order valence-electron chi connectivity index (χ0n) is 10.5. The number of benzene rings is 1. The van der Waals surface area contributed by atoms with E-state index in [0.717, 1.165) is 12.0 Å². The molecule has 3 nitrogen and oxygen atoms in total. The maximum atomic E-state index is 9.09. The fourth-order valence-corrected chi connectivity index (χ4v) is 2.33. The third-order valence-corrected chi connectivity index (χ3v) is 3.39. The van der Waals surface area contributed by atoms with Crippen LogP contribution in [0.4, 0.5) is 0 Å². The first-order valence-corrected chi connectivity index (χ1v) is 6.28. The highest BCUT2D eigenvalue weighted by atomic mass is 16.3. The lowest BCUT2D eigenvalue weighted by atomic mass is 10.0. The van der Waals surface area contributed by atoms with E-state index in [1.165, 1.54) is 0 Å². The van der Waals surface area contributed by atoms with E-state index >= 15 is 0 Å². The molecule has 0 aliphatic heterocycles. The third kappa shape index (κ3) is 2.98. The highest BCUT2D eigenvalue weighted by Gasteiger charge is 2.19. The Balaban J connectivity index is 1.98. The van der Waals surface area contributed by atoms with Crippen molar-refractivity contribution in [3.05, 3.63) is 47.5 Å². The number of hydrogen-bond acceptors (Lipinski definition) is 3. The van der Waals surface area contributed by atoms with E-state index < -0.39 is 0 Å². The van der Waals surface area contributed by atoms with Gasteiger partial charge in [0.1, 0.15) is 0 Å². The minimum atomic E-state index is 0.199. The van der Waals surface area contributed by atoms with Gasteiger partial charge in [0.2, 0.25) is 0 Å². The molecule has 1 unspecified atom stereocenters. The molecule has 0 amide bonds. The van der Waals surface area contributed by atoms with Crippen LogP contribution in [-0.4, -0.2) is 17.8 Å². The summed E-state index contributed by atoms with van der Waals surface area (Å²) in [5.74, 6) is 0.278. The maximum absolute atomic E-state index is 9.09. The molecule has 0 saturated carbocycles. The van der Waals surface area contributed by atoms with Crippen LogP contribution in [0.25, 0.3) is 0 Å². The van der Waals surface area contributed by atoms with Crippen LogP contribution in [-0.2, 0) is 0 Å². The normalized spacial score (nSPS) is 23.8. The van der Waals surface area contributed by atoms with Gasteiger partial charge >= 0.3 is 0 Å². The molecule has 1 aliphatic rings. The van der Waals surface area contributed by atoms with E-state index in [0.29, 0.717) is 11.6 Å². The van der Waals surface area contributed by atoms with E-state index in [1.54, 1.807) is 0 Å². The van der Waals surface area contributed by atoms with Gasteiger partial charge in [0.05, 0.1) is 11.6 Å². The molecule has 2 rings (SSSR count). The van der Waals surface area contributed by atoms with Crippen molar-refractivity contribution in [3.63, 3.8) is 0 Å². The number of nitrogens with zero attached hydrogens (tertiary/aromatic N) is 1. The first kappa shape index (κ1) is 12.8. The third-order valence-electron chi connectivity index (χ3n) is 3.39. The standard InChI is InChI=1S/C15H18N2O/c1-11(14-4-2-3-12(7-14)9-16)17-15-6-5-13(8-15)10-18/h2-7,11,13,15,17-18H,8,10H2,1H3/t11?,13-,15+/m0/s1. The molecule has 2 N–H and O–H groups in total. The minimum Gasteiger partial charge on any atom is -0.396 e. The molecule has 0 bridgehead atoms. The van der Waals surface area contributed by atoms with Gasteiger partial charge in [-0.25, -0.2) is 0 Å². The van der Waals surface area contributed by atoms with Gasteiger partial charge in [0.15, 0.2) is 0 Å². The van der Waals surface area contributed by atoms with Crippen LogP contribution in [0.5, 0.6) is 0 Å². The Labute approximate surface area is 108 Å². The van der Waals surface area contributed by atoms with E-state index in [9.17, 15) is 0 Å². The SMILES string of the molecule is CC(N[C@@H]1C=C[C@H](CO)C1)c1cccc(C#N)c1. The van der Waals surface area contributed by atoms with Crippen molar-refractivity contribution >= 4 is 0 Å². The fraction of sp³-hybridized carbons (Fsp3) is 0.400. The van der Waals surface area contributed by atoms with E-state index in [2.05, 4.69) is 30.5 Å². The Hall–Kier alpha value is -1.63. The van der Waals surface area contributed by atoms with Gasteiger partial charge in [-0.3, -0.25) is 0 Å². The van der Waals surface area contributed by atoms with Gasteiger partial charge in [-0.2, -0.15) is 5.26 Å². The molecular weight excluding hydrogens is 224 g/mol. The summed E-state index contributed by atoms with van der Waals surface area (Å²) in [6, 6.07) is 10.3. The largest absolute Gasteiger partial charge is 0.396 e. The number of aliphatic hydroxyl groups excluding tert-OH is 1. The van der Waals surface area contributed by atoms with Gasteiger partial charge in [-0.05, 0) is 31.0 Å². The molecule has 0 heterocycles. The highest BCUT2D eigenvalue weighted by molar-refractivity contribution is 5.34. The van der Waals surface area contributed by atoms with E-state index in [4.69, 9.17) is 10.4 Å². The molecule has 3 heteroatoms. The number of aliphatic hydroxyl groups is 1. The van der Waals surface area contributed by atoms with Crippen molar-refractivity contribution in [2.45, 2.75) is 25.4 Å². The molecule has 0 fully saturated rings. The second-order valence-electron chi connectivity index (χ2n) is 4.80. The molecule has 3 atom stereocenters. The smallest absolute Gasteiger partial charge is 0.0991 e. The van der Waals surface area contributed by atoms with Crippen molar-refractivity contribution in [2.24, 2.45) is 5.92 Å². The lowest BCUT2D eigenvalue weighted by molar-refractivity contribution is 0.245. The second-order valence-corrected chi connectivity index (χ2v) is 4.80. The molecule has 0 spiro atoms. The Morgan fingerprint density at radius 3 is 3.00 bits per heavy atom. The van der Waals surface area contributed by atoms with Gasteiger partial charge < -0.3 is 10.4 Å². The number of nitrogens with one attached hydrogen (secondary N) is 1. The van der Waals surface area contributed by atoms with Crippen LogP contribution in [0.1, 0.15) is 30.5 Å². The molecule has 18 heavy (non-hydrogen) atoms. The van der Waals surface area contributed by atoms with E-state index in [1.807, 2.05) is 24.3 Å². The zero-order chi connectivity index (χ0) is 13.0. The lowest BCUT2D eigenvalue weighted by Crippen LogP contribution is -2.29. The molecule has 0 aromatic heterocycles. The zero-order valence-corrected chi connectivity index (χ0v) is 10.5. The first-order valence-electron chi connectivity index (χ1n) is 6.28. The van der Waals surface area contributed by atoms with Crippen molar-refractivity contribution in [2.75, 3.05) is 6.61 Å². The summed E-state index contributed by atoms with van der Waals surface area (Å²) in [6.07, 6.45) is 5.13. The maximum Gasteiger partial charge on any atom is 0.0991 e. The average molecular weight is 242 g/mol. The summed E-state index contributed by atoms with van der Waals surface area (Å²) in [7, 11) is 0. The summed E-state index contributed by atoms with van der Waals surface area (Å²) >= 11 is 0. The Kier molecular flexibility index (Phi) is 4.14. The molecule has 94 valence electrons. The topological polar surface area (TPSA) is 56.0 Å². The monoisotopic (exact) mass is 242 g/mol. The number of hydrogen-bond donors (Lipinski definition) is 2. The highest BCUT2D eigenvalue weighted by Crippen LogP contribution is 2.21. The lowest BCUT2D eigenvalue weighted by Gasteiger charge is -2.19. The minimum absolute atomic E-state index is 0.199. The summed E-state index contributed by atoms with van der Waals surface area (Å²) < 4.78 is 0. The quantitative estimate of drug-likeness (QED) is 0.795. The Bertz CT molecular complexity index is 476. The molecule has 0 radical (unpaired) electrons. The number of rotatable bonds is 4. The summed E-state index contributed by atoms with van der Waals surface area (Å²) in [4.78, 5) is 0. The molecular formula is C15H18N2O. The van der Waals surface area contributed by atoms with Crippen LogP contribution in [0.2, 0.25) is 0 Å². The Morgan fingerprint density at radius 2 is 2.33 bits per heavy atom. The van der Waals surface area contributed by atoms with E-state index in [-0.39, 0.29) is 18.6 Å². The molecule has 0 saturated heterocycles. The summed E-state index contributed by atoms with van der Waals surface area (Å²) in [5, 5.41) is 21.5. The second kappa shape index (κ2) is 5.81. The van der Waals surface area contributed by atoms with Crippen molar-refractivity contribution in [1.82, 2.24) is 5.32 Å². The van der Waals surface area contributed by atoms with Crippen LogP contribution in [0, 0.1) is 17.2 Å². The van der Waals surface area contributed by atoms with Crippen molar-refractivity contribution in [3.8, 4) is 6.07 Å². The Morgan fingerprint density at radius 1 is 1.50 bits per heavy atom.